The van der Waals surface area contributed by atoms with Crippen molar-refractivity contribution in [2.45, 2.75) is 6.92 Å². The van der Waals surface area contributed by atoms with Crippen LogP contribution in [0.25, 0.3) is 0 Å². The van der Waals surface area contributed by atoms with Crippen LogP contribution in [0.15, 0.2) is 72.8 Å². The van der Waals surface area contributed by atoms with Crippen LogP contribution in [0.1, 0.15) is 33.2 Å². The maximum Gasteiger partial charge on any atom is 0.301 e. The van der Waals surface area contributed by atoms with Crippen LogP contribution in [-0.4, -0.2) is 32.1 Å². The predicted molar refractivity (Wildman–Crippen MR) is 119 cm³/mol. The summed E-state index contributed by atoms with van der Waals surface area (Å²) in [6.45, 7) is 1.72. The van der Waals surface area contributed by atoms with E-state index in [1.54, 1.807) is 67.6 Å². The molecule has 0 saturated carbocycles. The Morgan fingerprint density at radius 1 is 0.839 bits per heavy atom. The van der Waals surface area contributed by atoms with E-state index in [-0.39, 0.29) is 40.3 Å². The standard InChI is InChI=1S/C24H23O6P/c1-4-30-31(27,18-13-9-6-10-14-18)24(26)21-20(28-2)16-15-19(23(21)29-3)22(25)17-11-7-5-8-12-17/h5-16H,4H2,1-3H3. The van der Waals surface area contributed by atoms with Crippen molar-refractivity contribution in [2.24, 2.45) is 0 Å². The predicted octanol–water partition coefficient (Wildman–Crippen LogP) is 4.72. The molecule has 6 nitrogen and oxygen atoms in total. The quantitative estimate of drug-likeness (QED) is 0.356. The van der Waals surface area contributed by atoms with E-state index in [4.69, 9.17) is 14.0 Å². The van der Waals surface area contributed by atoms with E-state index in [0.29, 0.717) is 5.56 Å². The van der Waals surface area contributed by atoms with Crippen LogP contribution in [0, 0.1) is 0 Å². The van der Waals surface area contributed by atoms with Crippen LogP contribution in [0.3, 0.4) is 0 Å². The largest absolute Gasteiger partial charge is 0.496 e. The number of rotatable bonds is 9. The van der Waals surface area contributed by atoms with Crippen molar-refractivity contribution in [1.82, 2.24) is 0 Å². The van der Waals surface area contributed by atoms with E-state index >= 15 is 0 Å². The average Bonchev–Trinajstić information content (AvgIpc) is 2.83. The summed E-state index contributed by atoms with van der Waals surface area (Å²) in [6, 6.07) is 19.9. The number of carbonyl (C=O) groups excluding carboxylic acids is 2. The summed E-state index contributed by atoms with van der Waals surface area (Å²) in [6.07, 6.45) is 0. The molecule has 0 bridgehead atoms. The van der Waals surface area contributed by atoms with Gasteiger partial charge in [0.25, 0.3) is 5.52 Å². The molecule has 1 atom stereocenters. The van der Waals surface area contributed by atoms with Gasteiger partial charge in [-0.15, -0.1) is 0 Å². The summed E-state index contributed by atoms with van der Waals surface area (Å²) >= 11 is 0. The van der Waals surface area contributed by atoms with Crippen molar-refractivity contribution < 1.29 is 28.2 Å². The van der Waals surface area contributed by atoms with Gasteiger partial charge in [0.2, 0.25) is 0 Å². The third-order valence-electron chi connectivity index (χ3n) is 4.71. The van der Waals surface area contributed by atoms with Crippen LogP contribution >= 0.6 is 7.37 Å². The van der Waals surface area contributed by atoms with Crippen LogP contribution in [0.2, 0.25) is 0 Å². The van der Waals surface area contributed by atoms with Crippen molar-refractivity contribution in [2.75, 3.05) is 20.8 Å². The van der Waals surface area contributed by atoms with Crippen LogP contribution in [0.4, 0.5) is 0 Å². The zero-order valence-corrected chi connectivity index (χ0v) is 18.4. The van der Waals surface area contributed by atoms with Crippen molar-refractivity contribution >= 4 is 24.0 Å². The second kappa shape index (κ2) is 9.73. The van der Waals surface area contributed by atoms with E-state index < -0.39 is 12.9 Å². The fourth-order valence-corrected chi connectivity index (χ4v) is 5.21. The highest BCUT2D eigenvalue weighted by Crippen LogP contribution is 2.52. The molecule has 0 amide bonds. The fraction of sp³-hybridized carbons (Fsp3) is 0.167. The number of methoxy groups -OCH3 is 2. The molecule has 1 unspecified atom stereocenters. The fourth-order valence-electron chi connectivity index (χ4n) is 3.28. The highest BCUT2D eigenvalue weighted by Gasteiger charge is 2.40. The van der Waals surface area contributed by atoms with E-state index in [1.807, 2.05) is 0 Å². The first-order valence-corrected chi connectivity index (χ1v) is 11.3. The molecular weight excluding hydrogens is 415 g/mol. The van der Waals surface area contributed by atoms with E-state index in [9.17, 15) is 14.2 Å². The zero-order valence-electron chi connectivity index (χ0n) is 17.5. The Morgan fingerprint density at radius 2 is 1.45 bits per heavy atom. The van der Waals surface area contributed by atoms with Gasteiger partial charge in [0.15, 0.2) is 5.78 Å². The molecule has 0 spiro atoms. The van der Waals surface area contributed by atoms with Gasteiger partial charge in [-0.25, -0.2) is 0 Å². The summed E-state index contributed by atoms with van der Waals surface area (Å²) in [5.41, 5.74) is -0.293. The summed E-state index contributed by atoms with van der Waals surface area (Å²) in [5.74, 6) is -0.198. The molecule has 0 aromatic heterocycles. The van der Waals surface area contributed by atoms with Crippen LogP contribution in [-0.2, 0) is 9.09 Å². The van der Waals surface area contributed by atoms with Gasteiger partial charge in [0.1, 0.15) is 17.1 Å². The topological polar surface area (TPSA) is 78.9 Å². The summed E-state index contributed by atoms with van der Waals surface area (Å²) in [5, 5.41) is 0.255. The van der Waals surface area contributed by atoms with Crippen molar-refractivity contribution in [3.8, 4) is 11.5 Å². The molecule has 0 fully saturated rings. The molecule has 0 N–H and O–H groups in total. The third kappa shape index (κ3) is 4.31. The number of ether oxygens (including phenoxy) is 2. The lowest BCUT2D eigenvalue weighted by Gasteiger charge is -2.21. The van der Waals surface area contributed by atoms with E-state index in [1.165, 1.54) is 26.4 Å². The maximum atomic E-state index is 13.8. The smallest absolute Gasteiger partial charge is 0.301 e. The Labute approximate surface area is 181 Å². The molecular formula is C24H23O6P. The molecule has 160 valence electrons. The summed E-state index contributed by atoms with van der Waals surface area (Å²) in [4.78, 5) is 26.8. The first kappa shape index (κ1) is 22.5. The highest BCUT2D eigenvalue weighted by molar-refractivity contribution is 7.83. The summed E-state index contributed by atoms with van der Waals surface area (Å²) < 4.78 is 30.2. The number of ketones is 1. The average molecular weight is 438 g/mol. The van der Waals surface area contributed by atoms with Gasteiger partial charge < -0.3 is 14.0 Å². The SMILES string of the molecule is CCOP(=O)(C(=O)c1c(OC)ccc(C(=O)c2ccccc2)c1OC)c1ccccc1. The minimum Gasteiger partial charge on any atom is -0.496 e. The van der Waals surface area contributed by atoms with Crippen LogP contribution < -0.4 is 14.8 Å². The Morgan fingerprint density at radius 3 is 2.00 bits per heavy atom. The lowest BCUT2D eigenvalue weighted by Crippen LogP contribution is -2.18. The number of carbonyl (C=O) groups is 2. The molecule has 0 heterocycles. The monoisotopic (exact) mass is 438 g/mol. The van der Waals surface area contributed by atoms with Gasteiger partial charge in [-0.05, 0) is 31.2 Å². The highest BCUT2D eigenvalue weighted by atomic mass is 31.2. The van der Waals surface area contributed by atoms with Gasteiger partial charge in [0.05, 0.1) is 26.4 Å². The lowest BCUT2D eigenvalue weighted by atomic mass is 9.99. The Balaban J connectivity index is 2.22. The minimum absolute atomic E-state index is 0.00550. The molecule has 3 rings (SSSR count). The molecule has 0 radical (unpaired) electrons. The van der Waals surface area contributed by atoms with Gasteiger partial charge in [0, 0.05) is 10.9 Å². The maximum absolute atomic E-state index is 13.8. The second-order valence-electron chi connectivity index (χ2n) is 6.53. The third-order valence-corrected chi connectivity index (χ3v) is 7.07. The molecule has 0 saturated heterocycles. The van der Waals surface area contributed by atoms with Crippen molar-refractivity contribution in [3.63, 3.8) is 0 Å². The van der Waals surface area contributed by atoms with Crippen LogP contribution in [0.5, 0.6) is 11.5 Å². The van der Waals surface area contributed by atoms with Gasteiger partial charge >= 0.3 is 7.37 Å². The van der Waals surface area contributed by atoms with E-state index in [0.717, 1.165) is 0 Å². The van der Waals surface area contributed by atoms with Crippen molar-refractivity contribution in [1.29, 1.82) is 0 Å². The molecule has 3 aromatic carbocycles. The zero-order chi connectivity index (χ0) is 22.4. The van der Waals surface area contributed by atoms with Crippen molar-refractivity contribution in [3.05, 3.63) is 89.5 Å². The molecule has 31 heavy (non-hydrogen) atoms. The second-order valence-corrected chi connectivity index (χ2v) is 8.81. The molecule has 3 aromatic rings. The summed E-state index contributed by atoms with van der Waals surface area (Å²) in [7, 11) is -1.26. The Hall–Kier alpha value is -3.21. The van der Waals surface area contributed by atoms with E-state index in [2.05, 4.69) is 0 Å². The first-order valence-electron chi connectivity index (χ1n) is 9.67. The van der Waals surface area contributed by atoms with Gasteiger partial charge in [-0.3, -0.25) is 14.2 Å². The number of hydrogen-bond donors (Lipinski definition) is 0. The Bertz CT molecular complexity index is 1130. The molecule has 7 heteroatoms. The molecule has 0 aliphatic heterocycles. The number of benzene rings is 3. The normalized spacial score (nSPS) is 12.6. The molecule has 0 aliphatic rings. The Kier molecular flexibility index (Phi) is 7.06. The number of hydrogen-bond acceptors (Lipinski definition) is 6. The molecule has 0 aliphatic carbocycles. The van der Waals surface area contributed by atoms with Gasteiger partial charge in [-0.1, -0.05) is 48.5 Å². The van der Waals surface area contributed by atoms with Gasteiger partial charge in [-0.2, -0.15) is 0 Å². The minimum atomic E-state index is -4.00. The first-order chi connectivity index (χ1) is 15.0. The lowest BCUT2D eigenvalue weighted by molar-refractivity contribution is 0.103.